The van der Waals surface area contributed by atoms with Crippen LogP contribution in [0.5, 0.6) is 0 Å². The molecule has 1 atom stereocenters. The number of likely N-dealkylation sites (N-methyl/N-ethyl adjacent to an activating group) is 1. The Balaban J connectivity index is 2.57. The Labute approximate surface area is 90.7 Å². The zero-order chi connectivity index (χ0) is 11.1. The van der Waals surface area contributed by atoms with Crippen LogP contribution in [0.15, 0.2) is 24.3 Å². The zero-order valence-corrected chi connectivity index (χ0v) is 8.96. The summed E-state index contributed by atoms with van der Waals surface area (Å²) in [6.45, 7) is 2.95. The van der Waals surface area contributed by atoms with Gasteiger partial charge in [0.15, 0.2) is 0 Å². The number of nitrogens with one attached hydrogen (secondary N) is 1. The third-order valence-electron chi connectivity index (χ3n) is 2.25. The van der Waals surface area contributed by atoms with Gasteiger partial charge in [-0.1, -0.05) is 19.1 Å². The largest absolute Gasteiger partial charge is 0.313 e. The first-order valence-electron chi connectivity index (χ1n) is 5.17. The fourth-order valence-electron chi connectivity index (χ4n) is 1.55. The standard InChI is InChI=1S/C13H16FN/c1-3-5-13(15-4-2)10-11-6-8-12(14)9-7-11/h1,6-9,13,15H,4-5,10H2,2H3. The predicted molar refractivity (Wildman–Crippen MR) is 61.0 cm³/mol. The summed E-state index contributed by atoms with van der Waals surface area (Å²) < 4.78 is 12.7. The summed E-state index contributed by atoms with van der Waals surface area (Å²) in [5.41, 5.74) is 1.11. The van der Waals surface area contributed by atoms with Crippen molar-refractivity contribution < 1.29 is 4.39 Å². The monoisotopic (exact) mass is 205 g/mol. The normalized spacial score (nSPS) is 12.1. The smallest absolute Gasteiger partial charge is 0.123 e. The lowest BCUT2D eigenvalue weighted by Crippen LogP contribution is -2.30. The third kappa shape index (κ3) is 4.14. The van der Waals surface area contributed by atoms with Crippen molar-refractivity contribution in [2.75, 3.05) is 6.54 Å². The van der Waals surface area contributed by atoms with Gasteiger partial charge in [0.05, 0.1) is 0 Å². The van der Waals surface area contributed by atoms with E-state index in [0.717, 1.165) is 18.5 Å². The van der Waals surface area contributed by atoms with Crippen LogP contribution in [0.25, 0.3) is 0 Å². The Morgan fingerprint density at radius 3 is 2.60 bits per heavy atom. The highest BCUT2D eigenvalue weighted by atomic mass is 19.1. The molecule has 0 fully saturated rings. The molecular weight excluding hydrogens is 189 g/mol. The van der Waals surface area contributed by atoms with Crippen LogP contribution in [-0.4, -0.2) is 12.6 Å². The van der Waals surface area contributed by atoms with Crippen molar-refractivity contribution in [2.24, 2.45) is 0 Å². The molecule has 1 aromatic carbocycles. The summed E-state index contributed by atoms with van der Waals surface area (Å²) in [7, 11) is 0. The fourth-order valence-corrected chi connectivity index (χ4v) is 1.55. The van der Waals surface area contributed by atoms with E-state index in [2.05, 4.69) is 11.2 Å². The molecule has 0 bridgehead atoms. The van der Waals surface area contributed by atoms with Crippen molar-refractivity contribution in [3.8, 4) is 12.3 Å². The molecule has 0 spiro atoms. The minimum absolute atomic E-state index is 0.198. The molecule has 1 nitrogen and oxygen atoms in total. The van der Waals surface area contributed by atoms with Crippen molar-refractivity contribution in [1.82, 2.24) is 5.32 Å². The van der Waals surface area contributed by atoms with E-state index in [1.807, 2.05) is 6.92 Å². The number of hydrogen-bond donors (Lipinski definition) is 1. The second-order valence-electron chi connectivity index (χ2n) is 3.49. The molecule has 1 unspecified atom stereocenters. The van der Waals surface area contributed by atoms with Crippen LogP contribution in [0.4, 0.5) is 4.39 Å². The van der Waals surface area contributed by atoms with Crippen LogP contribution < -0.4 is 5.32 Å². The molecule has 80 valence electrons. The highest BCUT2D eigenvalue weighted by Gasteiger charge is 2.06. The van der Waals surface area contributed by atoms with Gasteiger partial charge in [0, 0.05) is 12.5 Å². The van der Waals surface area contributed by atoms with E-state index in [4.69, 9.17) is 6.42 Å². The van der Waals surface area contributed by atoms with Crippen molar-refractivity contribution in [2.45, 2.75) is 25.8 Å². The van der Waals surface area contributed by atoms with Crippen LogP contribution >= 0.6 is 0 Å². The number of hydrogen-bond acceptors (Lipinski definition) is 1. The minimum atomic E-state index is -0.198. The molecule has 0 aliphatic carbocycles. The first-order valence-corrected chi connectivity index (χ1v) is 5.17. The number of halogens is 1. The lowest BCUT2D eigenvalue weighted by atomic mass is 10.0. The fraction of sp³-hybridized carbons (Fsp3) is 0.385. The number of benzene rings is 1. The Morgan fingerprint density at radius 2 is 2.07 bits per heavy atom. The molecule has 0 aromatic heterocycles. The van der Waals surface area contributed by atoms with Crippen molar-refractivity contribution in [3.05, 3.63) is 35.6 Å². The molecule has 0 aliphatic heterocycles. The first-order chi connectivity index (χ1) is 7.26. The molecular formula is C13H16FN. The van der Waals surface area contributed by atoms with Gasteiger partial charge in [0.1, 0.15) is 5.82 Å². The molecule has 0 radical (unpaired) electrons. The lowest BCUT2D eigenvalue weighted by molar-refractivity contribution is 0.534. The molecule has 1 aromatic rings. The SMILES string of the molecule is C#CCC(Cc1ccc(F)cc1)NCC. The van der Waals surface area contributed by atoms with Gasteiger partial charge in [-0.2, -0.15) is 0 Å². The number of terminal acetylenes is 1. The molecule has 2 heteroatoms. The van der Waals surface area contributed by atoms with Crippen LogP contribution in [0.1, 0.15) is 18.9 Å². The van der Waals surface area contributed by atoms with Gasteiger partial charge in [0.2, 0.25) is 0 Å². The summed E-state index contributed by atoms with van der Waals surface area (Å²) in [5, 5.41) is 3.31. The maximum Gasteiger partial charge on any atom is 0.123 e. The van der Waals surface area contributed by atoms with Gasteiger partial charge in [-0.3, -0.25) is 0 Å². The Bertz CT molecular complexity index is 323. The highest BCUT2D eigenvalue weighted by Crippen LogP contribution is 2.07. The van der Waals surface area contributed by atoms with Gasteiger partial charge < -0.3 is 5.32 Å². The second kappa shape index (κ2) is 6.21. The number of rotatable bonds is 5. The molecule has 1 N–H and O–H groups in total. The average molecular weight is 205 g/mol. The van der Waals surface area contributed by atoms with Crippen molar-refractivity contribution in [3.63, 3.8) is 0 Å². The van der Waals surface area contributed by atoms with Crippen LogP contribution in [0.3, 0.4) is 0 Å². The molecule has 0 saturated carbocycles. The summed E-state index contributed by atoms with van der Waals surface area (Å²) in [5.74, 6) is 2.45. The molecule has 0 heterocycles. The van der Waals surface area contributed by atoms with E-state index in [0.29, 0.717) is 6.42 Å². The van der Waals surface area contributed by atoms with Gasteiger partial charge in [-0.05, 0) is 30.7 Å². The van der Waals surface area contributed by atoms with E-state index in [-0.39, 0.29) is 11.9 Å². The summed E-state index contributed by atoms with van der Waals surface area (Å²) in [6.07, 6.45) is 6.83. The molecule has 15 heavy (non-hydrogen) atoms. The van der Waals surface area contributed by atoms with Gasteiger partial charge in [0.25, 0.3) is 0 Å². The van der Waals surface area contributed by atoms with E-state index in [1.54, 1.807) is 12.1 Å². The van der Waals surface area contributed by atoms with Crippen LogP contribution in [0, 0.1) is 18.2 Å². The quantitative estimate of drug-likeness (QED) is 0.728. The minimum Gasteiger partial charge on any atom is -0.313 e. The Hall–Kier alpha value is -1.33. The topological polar surface area (TPSA) is 12.0 Å². The molecule has 0 saturated heterocycles. The lowest BCUT2D eigenvalue weighted by Gasteiger charge is -2.14. The zero-order valence-electron chi connectivity index (χ0n) is 8.96. The van der Waals surface area contributed by atoms with Gasteiger partial charge in [-0.15, -0.1) is 12.3 Å². The first kappa shape index (κ1) is 11.7. The third-order valence-corrected chi connectivity index (χ3v) is 2.25. The Morgan fingerprint density at radius 1 is 1.40 bits per heavy atom. The van der Waals surface area contributed by atoms with Gasteiger partial charge in [-0.25, -0.2) is 4.39 Å². The maximum absolute atomic E-state index is 12.7. The van der Waals surface area contributed by atoms with Crippen molar-refractivity contribution in [1.29, 1.82) is 0 Å². The van der Waals surface area contributed by atoms with Crippen LogP contribution in [0.2, 0.25) is 0 Å². The molecule has 0 aliphatic rings. The van der Waals surface area contributed by atoms with E-state index < -0.39 is 0 Å². The molecule has 0 amide bonds. The van der Waals surface area contributed by atoms with Crippen molar-refractivity contribution >= 4 is 0 Å². The summed E-state index contributed by atoms with van der Waals surface area (Å²) in [6, 6.07) is 6.85. The maximum atomic E-state index is 12.7. The summed E-state index contributed by atoms with van der Waals surface area (Å²) in [4.78, 5) is 0. The van der Waals surface area contributed by atoms with E-state index in [1.165, 1.54) is 12.1 Å². The summed E-state index contributed by atoms with van der Waals surface area (Å²) >= 11 is 0. The highest BCUT2D eigenvalue weighted by molar-refractivity contribution is 5.17. The Kier molecular flexibility index (Phi) is 4.86. The molecule has 1 rings (SSSR count). The van der Waals surface area contributed by atoms with E-state index in [9.17, 15) is 4.39 Å². The van der Waals surface area contributed by atoms with E-state index >= 15 is 0 Å². The second-order valence-corrected chi connectivity index (χ2v) is 3.49. The van der Waals surface area contributed by atoms with Crippen LogP contribution in [-0.2, 0) is 6.42 Å². The van der Waals surface area contributed by atoms with Gasteiger partial charge >= 0.3 is 0 Å². The average Bonchev–Trinajstić information content (AvgIpc) is 2.22. The predicted octanol–water partition coefficient (Wildman–Crippen LogP) is 2.37.